The van der Waals surface area contributed by atoms with Gasteiger partial charge in [0.05, 0.1) is 0 Å². The highest BCUT2D eigenvalue weighted by atomic mass is 16.2. The first kappa shape index (κ1) is 15.0. The lowest BCUT2D eigenvalue weighted by Crippen LogP contribution is -2.48. The molecule has 1 aromatic carbocycles. The zero-order chi connectivity index (χ0) is 15.5. The van der Waals surface area contributed by atoms with Crippen LogP contribution in [0, 0.1) is 0 Å². The zero-order valence-corrected chi connectivity index (χ0v) is 13.0. The van der Waals surface area contributed by atoms with Crippen LogP contribution in [0.2, 0.25) is 0 Å². The summed E-state index contributed by atoms with van der Waals surface area (Å²) in [5, 5.41) is 2.95. The molecule has 5 heteroatoms. The summed E-state index contributed by atoms with van der Waals surface area (Å²) in [6, 6.07) is 7.36. The summed E-state index contributed by atoms with van der Waals surface area (Å²) < 4.78 is 0. The predicted molar refractivity (Wildman–Crippen MR) is 84.9 cm³/mol. The third-order valence-corrected chi connectivity index (χ3v) is 4.41. The van der Waals surface area contributed by atoms with Gasteiger partial charge < -0.3 is 15.1 Å². The normalized spacial score (nSPS) is 19.0. The van der Waals surface area contributed by atoms with Gasteiger partial charge in [-0.2, -0.15) is 0 Å². The van der Waals surface area contributed by atoms with Gasteiger partial charge in [0.15, 0.2) is 0 Å². The van der Waals surface area contributed by atoms with Crippen LogP contribution in [0.4, 0.5) is 0 Å². The smallest absolute Gasteiger partial charge is 0.253 e. The number of piperazine rings is 1. The summed E-state index contributed by atoms with van der Waals surface area (Å²) >= 11 is 0. The molecule has 0 aromatic heterocycles. The molecule has 1 heterocycles. The second-order valence-electron chi connectivity index (χ2n) is 6.05. The quantitative estimate of drug-likeness (QED) is 0.913. The molecule has 1 saturated heterocycles. The lowest BCUT2D eigenvalue weighted by atomic mass is 10.1. The maximum Gasteiger partial charge on any atom is 0.253 e. The molecule has 0 spiro atoms. The summed E-state index contributed by atoms with van der Waals surface area (Å²) in [4.78, 5) is 28.6. The fourth-order valence-electron chi connectivity index (χ4n) is 2.71. The Morgan fingerprint density at radius 3 is 2.18 bits per heavy atom. The average Bonchev–Trinajstić information content (AvgIpc) is 3.38. The molecule has 1 N–H and O–H groups in total. The minimum atomic E-state index is -0.0435. The SMILES string of the molecule is CCN1CCN(C(=O)c2ccc(C(=O)NC3CC3)cc2)CC1. The van der Waals surface area contributed by atoms with Crippen LogP contribution in [0.5, 0.6) is 0 Å². The lowest BCUT2D eigenvalue weighted by Gasteiger charge is -2.34. The van der Waals surface area contributed by atoms with Gasteiger partial charge >= 0.3 is 0 Å². The molecule has 22 heavy (non-hydrogen) atoms. The van der Waals surface area contributed by atoms with Crippen molar-refractivity contribution >= 4 is 11.8 Å². The van der Waals surface area contributed by atoms with Crippen molar-refractivity contribution in [1.82, 2.24) is 15.1 Å². The summed E-state index contributed by atoms with van der Waals surface area (Å²) in [5.41, 5.74) is 1.28. The van der Waals surface area contributed by atoms with Gasteiger partial charge in [-0.05, 0) is 43.7 Å². The van der Waals surface area contributed by atoms with E-state index in [0.29, 0.717) is 17.2 Å². The van der Waals surface area contributed by atoms with E-state index in [9.17, 15) is 9.59 Å². The largest absolute Gasteiger partial charge is 0.349 e. The van der Waals surface area contributed by atoms with E-state index < -0.39 is 0 Å². The van der Waals surface area contributed by atoms with Crippen LogP contribution in [0.15, 0.2) is 24.3 Å². The third-order valence-electron chi connectivity index (χ3n) is 4.41. The lowest BCUT2D eigenvalue weighted by molar-refractivity contribution is 0.0643. The Hall–Kier alpha value is -1.88. The van der Waals surface area contributed by atoms with Crippen molar-refractivity contribution in [1.29, 1.82) is 0 Å². The highest BCUT2D eigenvalue weighted by molar-refractivity contribution is 5.98. The summed E-state index contributed by atoms with van der Waals surface area (Å²) in [6.07, 6.45) is 2.15. The summed E-state index contributed by atoms with van der Waals surface area (Å²) in [6.45, 7) is 6.59. The van der Waals surface area contributed by atoms with E-state index in [1.807, 2.05) is 4.90 Å². The molecule has 1 aromatic rings. The van der Waals surface area contributed by atoms with Crippen molar-refractivity contribution in [2.24, 2.45) is 0 Å². The minimum Gasteiger partial charge on any atom is -0.349 e. The molecule has 1 aliphatic carbocycles. The van der Waals surface area contributed by atoms with Crippen molar-refractivity contribution in [3.8, 4) is 0 Å². The Morgan fingerprint density at radius 1 is 1.05 bits per heavy atom. The Labute approximate surface area is 131 Å². The Morgan fingerprint density at radius 2 is 1.64 bits per heavy atom. The standard InChI is InChI=1S/C17H23N3O2/c1-2-19-9-11-20(12-10-19)17(22)14-5-3-13(4-6-14)16(21)18-15-7-8-15/h3-6,15H,2,7-12H2,1H3,(H,18,21). The van der Waals surface area contributed by atoms with E-state index in [1.165, 1.54) is 0 Å². The molecule has 1 aliphatic heterocycles. The van der Waals surface area contributed by atoms with E-state index >= 15 is 0 Å². The Balaban J connectivity index is 1.59. The van der Waals surface area contributed by atoms with Gasteiger partial charge in [0.25, 0.3) is 11.8 Å². The molecule has 2 fully saturated rings. The van der Waals surface area contributed by atoms with Crippen LogP contribution in [0.3, 0.4) is 0 Å². The average molecular weight is 301 g/mol. The van der Waals surface area contributed by atoms with Gasteiger partial charge in [0.2, 0.25) is 0 Å². The van der Waals surface area contributed by atoms with Gasteiger partial charge in [0, 0.05) is 43.3 Å². The van der Waals surface area contributed by atoms with Crippen LogP contribution in [-0.2, 0) is 0 Å². The van der Waals surface area contributed by atoms with Crippen LogP contribution in [0.25, 0.3) is 0 Å². The number of nitrogens with one attached hydrogen (secondary N) is 1. The van der Waals surface area contributed by atoms with Gasteiger partial charge in [-0.25, -0.2) is 0 Å². The number of hydrogen-bond acceptors (Lipinski definition) is 3. The van der Waals surface area contributed by atoms with Gasteiger partial charge in [-0.1, -0.05) is 6.92 Å². The molecule has 0 radical (unpaired) electrons. The van der Waals surface area contributed by atoms with Crippen LogP contribution >= 0.6 is 0 Å². The van der Waals surface area contributed by atoms with Gasteiger partial charge in [-0.15, -0.1) is 0 Å². The number of rotatable bonds is 4. The molecule has 5 nitrogen and oxygen atoms in total. The van der Waals surface area contributed by atoms with Crippen molar-refractivity contribution < 1.29 is 9.59 Å². The fraction of sp³-hybridized carbons (Fsp3) is 0.529. The molecular weight excluding hydrogens is 278 g/mol. The van der Waals surface area contributed by atoms with E-state index in [1.54, 1.807) is 24.3 Å². The van der Waals surface area contributed by atoms with E-state index in [0.717, 1.165) is 45.6 Å². The molecule has 2 amide bonds. The second-order valence-corrected chi connectivity index (χ2v) is 6.05. The Kier molecular flexibility index (Phi) is 4.43. The number of nitrogens with zero attached hydrogens (tertiary/aromatic N) is 2. The molecule has 0 bridgehead atoms. The second kappa shape index (κ2) is 6.48. The first-order valence-electron chi connectivity index (χ1n) is 8.10. The van der Waals surface area contributed by atoms with Crippen LogP contribution in [-0.4, -0.2) is 60.4 Å². The maximum absolute atomic E-state index is 12.5. The monoisotopic (exact) mass is 301 g/mol. The number of benzene rings is 1. The molecular formula is C17H23N3O2. The third kappa shape index (κ3) is 3.47. The van der Waals surface area contributed by atoms with Crippen molar-refractivity contribution in [2.75, 3.05) is 32.7 Å². The number of likely N-dealkylation sites (N-methyl/N-ethyl adjacent to an activating group) is 1. The van der Waals surface area contributed by atoms with Crippen molar-refractivity contribution in [2.45, 2.75) is 25.8 Å². The number of amides is 2. The Bertz CT molecular complexity index is 544. The van der Waals surface area contributed by atoms with Crippen LogP contribution < -0.4 is 5.32 Å². The van der Waals surface area contributed by atoms with Gasteiger partial charge in [-0.3, -0.25) is 9.59 Å². The maximum atomic E-state index is 12.5. The number of hydrogen-bond donors (Lipinski definition) is 1. The number of carbonyl (C=O) groups is 2. The fourth-order valence-corrected chi connectivity index (χ4v) is 2.71. The zero-order valence-electron chi connectivity index (χ0n) is 13.0. The molecule has 118 valence electrons. The first-order chi connectivity index (χ1) is 10.7. The minimum absolute atomic E-state index is 0.0435. The molecule has 2 aliphatic rings. The van der Waals surface area contributed by atoms with Crippen molar-refractivity contribution in [3.63, 3.8) is 0 Å². The highest BCUT2D eigenvalue weighted by Gasteiger charge is 2.24. The van der Waals surface area contributed by atoms with E-state index in [-0.39, 0.29) is 11.8 Å². The summed E-state index contributed by atoms with van der Waals surface area (Å²) in [7, 11) is 0. The van der Waals surface area contributed by atoms with E-state index in [2.05, 4.69) is 17.1 Å². The number of carbonyl (C=O) groups excluding carboxylic acids is 2. The highest BCUT2D eigenvalue weighted by Crippen LogP contribution is 2.19. The first-order valence-corrected chi connectivity index (χ1v) is 8.10. The molecule has 3 rings (SSSR count). The van der Waals surface area contributed by atoms with Crippen molar-refractivity contribution in [3.05, 3.63) is 35.4 Å². The van der Waals surface area contributed by atoms with E-state index in [4.69, 9.17) is 0 Å². The molecule has 1 saturated carbocycles. The molecule has 0 atom stereocenters. The predicted octanol–water partition coefficient (Wildman–Crippen LogP) is 1.36. The van der Waals surface area contributed by atoms with Crippen LogP contribution in [0.1, 0.15) is 40.5 Å². The topological polar surface area (TPSA) is 52.7 Å². The van der Waals surface area contributed by atoms with Gasteiger partial charge in [0.1, 0.15) is 0 Å². The molecule has 0 unspecified atom stereocenters. The summed E-state index contributed by atoms with van der Waals surface area (Å²) in [5.74, 6) is 0.0166.